The smallest absolute Gasteiger partial charge is 0.161 e. The van der Waals surface area contributed by atoms with E-state index in [9.17, 15) is 0 Å². The largest absolute Gasteiger partial charge is 0.264 e. The Hall–Kier alpha value is -1.91. The lowest BCUT2D eigenvalue weighted by molar-refractivity contribution is 1.05. The highest BCUT2D eigenvalue weighted by Crippen LogP contribution is 2.28. The standard InChI is InChI=1S/C15H10ClN3S/c16-12-3-5-13(6-4-12)20-14-7-9-18-15(19-14)11-2-1-8-17-10-11/h1-10H. The van der Waals surface area contributed by atoms with Crippen molar-refractivity contribution in [2.24, 2.45) is 0 Å². The van der Waals surface area contributed by atoms with E-state index in [1.807, 2.05) is 42.5 Å². The molecule has 2 heterocycles. The monoisotopic (exact) mass is 299 g/mol. The van der Waals surface area contributed by atoms with Crippen LogP contribution < -0.4 is 0 Å². The van der Waals surface area contributed by atoms with Crippen molar-refractivity contribution >= 4 is 23.4 Å². The van der Waals surface area contributed by atoms with Crippen LogP contribution in [-0.2, 0) is 0 Å². The molecule has 3 aromatic rings. The lowest BCUT2D eigenvalue weighted by Gasteiger charge is -2.03. The molecule has 3 rings (SSSR count). The van der Waals surface area contributed by atoms with Crippen molar-refractivity contribution in [1.29, 1.82) is 0 Å². The van der Waals surface area contributed by atoms with Crippen LogP contribution in [0.15, 0.2) is 71.0 Å². The molecule has 0 N–H and O–H groups in total. The average Bonchev–Trinajstić information content (AvgIpc) is 2.51. The predicted octanol–water partition coefficient (Wildman–Crippen LogP) is 4.34. The third-order valence-corrected chi connectivity index (χ3v) is 3.78. The summed E-state index contributed by atoms with van der Waals surface area (Å²) < 4.78 is 0. The van der Waals surface area contributed by atoms with E-state index < -0.39 is 0 Å². The second kappa shape index (κ2) is 6.03. The molecule has 0 aliphatic heterocycles. The average molecular weight is 300 g/mol. The quantitative estimate of drug-likeness (QED) is 0.674. The van der Waals surface area contributed by atoms with Crippen LogP contribution in [0.1, 0.15) is 0 Å². The lowest BCUT2D eigenvalue weighted by Crippen LogP contribution is -1.90. The molecule has 0 saturated carbocycles. The number of pyridine rings is 1. The summed E-state index contributed by atoms with van der Waals surface area (Å²) in [6.07, 6.45) is 5.25. The van der Waals surface area contributed by atoms with E-state index in [1.54, 1.807) is 30.4 Å². The van der Waals surface area contributed by atoms with Gasteiger partial charge in [0.15, 0.2) is 5.82 Å². The van der Waals surface area contributed by atoms with Crippen LogP contribution in [0.4, 0.5) is 0 Å². The molecule has 3 nitrogen and oxygen atoms in total. The van der Waals surface area contributed by atoms with Crippen LogP contribution in [0.3, 0.4) is 0 Å². The molecule has 20 heavy (non-hydrogen) atoms. The first-order valence-corrected chi connectivity index (χ1v) is 7.17. The number of nitrogens with zero attached hydrogens (tertiary/aromatic N) is 3. The molecule has 0 atom stereocenters. The fourth-order valence-corrected chi connectivity index (χ4v) is 2.56. The zero-order valence-electron chi connectivity index (χ0n) is 10.4. The third kappa shape index (κ3) is 3.15. The molecular formula is C15H10ClN3S. The van der Waals surface area contributed by atoms with E-state index in [4.69, 9.17) is 11.6 Å². The van der Waals surface area contributed by atoms with E-state index >= 15 is 0 Å². The highest BCUT2D eigenvalue weighted by atomic mass is 35.5. The maximum atomic E-state index is 5.88. The molecule has 0 saturated heterocycles. The van der Waals surface area contributed by atoms with Crippen LogP contribution in [-0.4, -0.2) is 15.0 Å². The Balaban J connectivity index is 1.86. The Labute approximate surface area is 126 Å². The first kappa shape index (κ1) is 13.1. The molecule has 0 radical (unpaired) electrons. The summed E-state index contributed by atoms with van der Waals surface area (Å²) in [5.41, 5.74) is 0.908. The topological polar surface area (TPSA) is 38.7 Å². The van der Waals surface area contributed by atoms with E-state index in [2.05, 4.69) is 15.0 Å². The van der Waals surface area contributed by atoms with Crippen LogP contribution in [0.2, 0.25) is 5.02 Å². The van der Waals surface area contributed by atoms with Crippen LogP contribution in [0.5, 0.6) is 0 Å². The summed E-state index contributed by atoms with van der Waals surface area (Å²) in [6.45, 7) is 0. The number of halogens is 1. The molecule has 5 heteroatoms. The van der Waals surface area contributed by atoms with E-state index in [1.165, 1.54) is 0 Å². The van der Waals surface area contributed by atoms with Gasteiger partial charge in [0.25, 0.3) is 0 Å². The second-order valence-electron chi connectivity index (χ2n) is 4.02. The summed E-state index contributed by atoms with van der Waals surface area (Å²) in [5.74, 6) is 0.678. The first-order chi connectivity index (χ1) is 9.81. The molecule has 0 bridgehead atoms. The Morgan fingerprint density at radius 3 is 2.55 bits per heavy atom. The van der Waals surface area contributed by atoms with Gasteiger partial charge in [-0.1, -0.05) is 23.4 Å². The Bertz CT molecular complexity index is 702. The SMILES string of the molecule is Clc1ccc(Sc2ccnc(-c3cccnc3)n2)cc1. The molecule has 0 aliphatic rings. The van der Waals surface area contributed by atoms with Gasteiger partial charge < -0.3 is 0 Å². The number of hydrogen-bond acceptors (Lipinski definition) is 4. The summed E-state index contributed by atoms with van der Waals surface area (Å²) in [7, 11) is 0. The van der Waals surface area contributed by atoms with Gasteiger partial charge in [-0.05, 0) is 42.5 Å². The van der Waals surface area contributed by atoms with Crippen molar-refractivity contribution in [3.05, 3.63) is 66.1 Å². The van der Waals surface area contributed by atoms with Crippen molar-refractivity contribution in [3.8, 4) is 11.4 Å². The van der Waals surface area contributed by atoms with Gasteiger partial charge in [-0.25, -0.2) is 9.97 Å². The van der Waals surface area contributed by atoms with Gasteiger partial charge in [-0.2, -0.15) is 0 Å². The van der Waals surface area contributed by atoms with Crippen molar-refractivity contribution < 1.29 is 0 Å². The number of hydrogen-bond donors (Lipinski definition) is 0. The summed E-state index contributed by atoms with van der Waals surface area (Å²) in [4.78, 5) is 14.0. The molecule has 98 valence electrons. The molecule has 0 spiro atoms. The van der Waals surface area contributed by atoms with E-state index in [0.717, 1.165) is 20.5 Å². The van der Waals surface area contributed by atoms with Gasteiger partial charge in [-0.15, -0.1) is 0 Å². The maximum Gasteiger partial charge on any atom is 0.161 e. The van der Waals surface area contributed by atoms with Gasteiger partial charge in [0.1, 0.15) is 5.03 Å². The van der Waals surface area contributed by atoms with E-state index in [0.29, 0.717) is 5.82 Å². The van der Waals surface area contributed by atoms with Gasteiger partial charge in [0.05, 0.1) is 0 Å². The van der Waals surface area contributed by atoms with Crippen LogP contribution in [0.25, 0.3) is 11.4 Å². The number of benzene rings is 1. The molecule has 2 aromatic heterocycles. The molecular weight excluding hydrogens is 290 g/mol. The molecule has 0 amide bonds. The minimum absolute atomic E-state index is 0.678. The fourth-order valence-electron chi connectivity index (χ4n) is 1.66. The Morgan fingerprint density at radius 2 is 1.80 bits per heavy atom. The van der Waals surface area contributed by atoms with Gasteiger partial charge >= 0.3 is 0 Å². The minimum atomic E-state index is 0.678. The minimum Gasteiger partial charge on any atom is -0.264 e. The van der Waals surface area contributed by atoms with Crippen molar-refractivity contribution in [3.63, 3.8) is 0 Å². The Kier molecular flexibility index (Phi) is 3.95. The highest BCUT2D eigenvalue weighted by Gasteiger charge is 2.04. The molecule has 0 fully saturated rings. The van der Waals surface area contributed by atoms with E-state index in [-0.39, 0.29) is 0 Å². The molecule has 0 unspecified atom stereocenters. The zero-order chi connectivity index (χ0) is 13.8. The van der Waals surface area contributed by atoms with Crippen LogP contribution >= 0.6 is 23.4 Å². The Morgan fingerprint density at radius 1 is 0.950 bits per heavy atom. The highest BCUT2D eigenvalue weighted by molar-refractivity contribution is 7.99. The molecule has 0 aliphatic carbocycles. The number of rotatable bonds is 3. The fraction of sp³-hybridized carbons (Fsp3) is 0. The zero-order valence-corrected chi connectivity index (χ0v) is 12.0. The van der Waals surface area contributed by atoms with Crippen molar-refractivity contribution in [2.75, 3.05) is 0 Å². The molecule has 1 aromatic carbocycles. The summed E-state index contributed by atoms with van der Waals surface area (Å²) >= 11 is 7.45. The van der Waals surface area contributed by atoms with Crippen molar-refractivity contribution in [2.45, 2.75) is 9.92 Å². The summed E-state index contributed by atoms with van der Waals surface area (Å²) in [5, 5.41) is 1.62. The maximum absolute atomic E-state index is 5.88. The third-order valence-electron chi connectivity index (χ3n) is 2.59. The first-order valence-electron chi connectivity index (χ1n) is 5.98. The predicted molar refractivity (Wildman–Crippen MR) is 80.8 cm³/mol. The lowest BCUT2D eigenvalue weighted by atomic mass is 10.3. The van der Waals surface area contributed by atoms with Gasteiger partial charge in [0, 0.05) is 34.1 Å². The van der Waals surface area contributed by atoms with Gasteiger partial charge in [-0.3, -0.25) is 4.98 Å². The number of aromatic nitrogens is 3. The van der Waals surface area contributed by atoms with Crippen LogP contribution in [0, 0.1) is 0 Å². The normalized spacial score (nSPS) is 10.4. The summed E-state index contributed by atoms with van der Waals surface area (Å²) in [6, 6.07) is 13.4. The second-order valence-corrected chi connectivity index (χ2v) is 5.55. The van der Waals surface area contributed by atoms with Crippen molar-refractivity contribution in [1.82, 2.24) is 15.0 Å². The van der Waals surface area contributed by atoms with Gasteiger partial charge in [0.2, 0.25) is 0 Å².